The fourth-order valence-corrected chi connectivity index (χ4v) is 5.86. The molecule has 2 amide bonds. The van der Waals surface area contributed by atoms with Crippen LogP contribution in [-0.2, 0) is 16.0 Å². The molecule has 1 fully saturated rings. The molecule has 1 N–H and O–H groups in total. The Morgan fingerprint density at radius 3 is 2.51 bits per heavy atom. The van der Waals surface area contributed by atoms with E-state index < -0.39 is 5.60 Å². The Kier molecular flexibility index (Phi) is 7.16. The molecule has 2 heterocycles. The van der Waals surface area contributed by atoms with E-state index in [2.05, 4.69) is 23.7 Å². The maximum atomic E-state index is 13.9. The highest BCUT2D eigenvalue weighted by Gasteiger charge is 2.39. The zero-order valence-corrected chi connectivity index (χ0v) is 22.0. The third-order valence-electron chi connectivity index (χ3n) is 7.48. The van der Waals surface area contributed by atoms with Crippen LogP contribution in [0.1, 0.15) is 77.6 Å². The largest absolute Gasteiger partial charge is 0.444 e. The SMILES string of the molecule is CC(C)C1c2[nH]c3ccc(F)cc3c2CCN1C(=O)C1CCC(CN(C)C(=O)OC(C)(C)C)CC1. The maximum Gasteiger partial charge on any atom is 0.410 e. The minimum Gasteiger partial charge on any atom is -0.444 e. The summed E-state index contributed by atoms with van der Waals surface area (Å²) < 4.78 is 19.4. The van der Waals surface area contributed by atoms with Gasteiger partial charge in [-0.15, -0.1) is 0 Å². The second kappa shape index (κ2) is 9.82. The number of hydrogen-bond donors (Lipinski definition) is 1. The highest BCUT2D eigenvalue weighted by atomic mass is 19.1. The van der Waals surface area contributed by atoms with Crippen LogP contribution < -0.4 is 0 Å². The lowest BCUT2D eigenvalue weighted by Crippen LogP contribution is -2.46. The van der Waals surface area contributed by atoms with Gasteiger partial charge in [0.2, 0.25) is 5.91 Å². The van der Waals surface area contributed by atoms with E-state index in [1.165, 1.54) is 6.07 Å². The van der Waals surface area contributed by atoms with Gasteiger partial charge in [0, 0.05) is 42.7 Å². The van der Waals surface area contributed by atoms with Gasteiger partial charge in [0.05, 0.1) is 6.04 Å². The van der Waals surface area contributed by atoms with Crippen LogP contribution in [0.3, 0.4) is 0 Å². The molecule has 0 spiro atoms. The summed E-state index contributed by atoms with van der Waals surface area (Å²) in [4.78, 5) is 33.3. The Morgan fingerprint density at radius 2 is 1.89 bits per heavy atom. The second-order valence-corrected chi connectivity index (χ2v) is 11.8. The van der Waals surface area contributed by atoms with Gasteiger partial charge in [0.1, 0.15) is 11.4 Å². The molecule has 1 aromatic heterocycles. The quantitative estimate of drug-likeness (QED) is 0.572. The zero-order chi connectivity index (χ0) is 25.5. The molecular weight excluding hydrogens is 445 g/mol. The lowest BCUT2D eigenvalue weighted by molar-refractivity contribution is -0.141. The predicted octanol–water partition coefficient (Wildman–Crippen LogP) is 6.06. The summed E-state index contributed by atoms with van der Waals surface area (Å²) in [5.41, 5.74) is 2.64. The summed E-state index contributed by atoms with van der Waals surface area (Å²) in [6.07, 6.45) is 4.00. The molecule has 0 bridgehead atoms. The Labute approximate surface area is 208 Å². The number of rotatable bonds is 4. The maximum absolute atomic E-state index is 13.9. The first kappa shape index (κ1) is 25.5. The molecule has 4 rings (SSSR count). The number of carbonyl (C=O) groups is 2. The Balaban J connectivity index is 1.41. The van der Waals surface area contributed by atoms with Gasteiger partial charge in [-0.2, -0.15) is 0 Å². The molecule has 2 aliphatic rings. The van der Waals surface area contributed by atoms with Gasteiger partial charge in [-0.3, -0.25) is 4.79 Å². The van der Waals surface area contributed by atoms with Crippen molar-refractivity contribution in [3.05, 3.63) is 35.3 Å². The molecule has 0 saturated heterocycles. The van der Waals surface area contributed by atoms with Gasteiger partial charge in [-0.1, -0.05) is 13.8 Å². The lowest BCUT2D eigenvalue weighted by atomic mass is 9.80. The van der Waals surface area contributed by atoms with Crippen LogP contribution in [-0.4, -0.2) is 52.5 Å². The number of nitrogens with zero attached hydrogens (tertiary/aromatic N) is 2. The molecule has 1 aliphatic carbocycles. The van der Waals surface area contributed by atoms with Gasteiger partial charge in [0.15, 0.2) is 0 Å². The van der Waals surface area contributed by atoms with Crippen LogP contribution in [0.15, 0.2) is 18.2 Å². The van der Waals surface area contributed by atoms with Gasteiger partial charge in [-0.05, 0) is 88.5 Å². The van der Waals surface area contributed by atoms with Crippen molar-refractivity contribution in [3.63, 3.8) is 0 Å². The van der Waals surface area contributed by atoms with Crippen LogP contribution in [0.5, 0.6) is 0 Å². The topological polar surface area (TPSA) is 65.6 Å². The number of halogens is 1. The zero-order valence-electron chi connectivity index (χ0n) is 22.0. The van der Waals surface area contributed by atoms with Crippen molar-refractivity contribution in [1.29, 1.82) is 0 Å². The molecule has 7 heteroatoms. The highest BCUT2D eigenvalue weighted by Crippen LogP contribution is 2.41. The molecule has 1 unspecified atom stereocenters. The van der Waals surface area contributed by atoms with Crippen LogP contribution in [0.25, 0.3) is 10.9 Å². The number of aromatic amines is 1. The Bertz CT molecular complexity index is 1080. The van der Waals surface area contributed by atoms with Gasteiger partial charge < -0.3 is 19.5 Å². The lowest BCUT2D eigenvalue weighted by Gasteiger charge is -2.41. The fraction of sp³-hybridized carbons (Fsp3) is 0.643. The van der Waals surface area contributed by atoms with Crippen LogP contribution >= 0.6 is 0 Å². The minimum atomic E-state index is -0.504. The number of amides is 2. The van der Waals surface area contributed by atoms with Crippen molar-refractivity contribution in [2.75, 3.05) is 20.1 Å². The van der Waals surface area contributed by atoms with Crippen molar-refractivity contribution in [2.24, 2.45) is 17.8 Å². The van der Waals surface area contributed by atoms with Gasteiger partial charge in [-0.25, -0.2) is 9.18 Å². The van der Waals surface area contributed by atoms with Gasteiger partial charge >= 0.3 is 6.09 Å². The number of nitrogens with one attached hydrogen (secondary N) is 1. The summed E-state index contributed by atoms with van der Waals surface area (Å²) >= 11 is 0. The molecule has 1 atom stereocenters. The van der Waals surface area contributed by atoms with Crippen LogP contribution in [0.2, 0.25) is 0 Å². The van der Waals surface area contributed by atoms with E-state index in [4.69, 9.17) is 4.74 Å². The van der Waals surface area contributed by atoms with Crippen molar-refractivity contribution in [1.82, 2.24) is 14.8 Å². The monoisotopic (exact) mass is 485 g/mol. The first-order valence-electron chi connectivity index (χ1n) is 13.0. The van der Waals surface area contributed by atoms with Gasteiger partial charge in [0.25, 0.3) is 0 Å². The third-order valence-corrected chi connectivity index (χ3v) is 7.48. The number of hydrogen-bond acceptors (Lipinski definition) is 3. The number of benzene rings is 1. The van der Waals surface area contributed by atoms with E-state index in [1.807, 2.05) is 20.8 Å². The van der Waals surface area contributed by atoms with E-state index >= 15 is 0 Å². The summed E-state index contributed by atoms with van der Waals surface area (Å²) in [6, 6.07) is 4.85. The number of fused-ring (bicyclic) bond motifs is 3. The Hall–Kier alpha value is -2.57. The molecule has 1 saturated carbocycles. The molecule has 35 heavy (non-hydrogen) atoms. The second-order valence-electron chi connectivity index (χ2n) is 11.8. The van der Waals surface area contributed by atoms with Crippen LogP contribution in [0, 0.1) is 23.6 Å². The average Bonchev–Trinajstić information content (AvgIpc) is 3.14. The summed E-state index contributed by atoms with van der Waals surface area (Å²) in [5, 5.41) is 0.937. The summed E-state index contributed by atoms with van der Waals surface area (Å²) in [5.74, 6) is 0.651. The standard InChI is InChI=1S/C28H40FN3O3/c1-17(2)25-24-21(22-15-20(29)11-12-23(22)30-24)13-14-32(25)26(33)19-9-7-18(8-10-19)16-31(6)27(34)35-28(3,4)5/h11-12,15,17-19,25,30H,7-10,13-14,16H2,1-6H3. The summed E-state index contributed by atoms with van der Waals surface area (Å²) in [7, 11) is 1.79. The normalized spacial score (nSPS) is 22.9. The Morgan fingerprint density at radius 1 is 1.20 bits per heavy atom. The molecule has 6 nitrogen and oxygen atoms in total. The number of carbonyl (C=O) groups excluding carboxylic acids is 2. The molecular formula is C28H40FN3O3. The number of ether oxygens (including phenoxy) is 1. The number of aromatic nitrogens is 1. The van der Waals surface area contributed by atoms with E-state index in [0.717, 1.165) is 54.3 Å². The van der Waals surface area contributed by atoms with Crippen molar-refractivity contribution in [2.45, 2.75) is 78.4 Å². The van der Waals surface area contributed by atoms with E-state index in [9.17, 15) is 14.0 Å². The average molecular weight is 486 g/mol. The van der Waals surface area contributed by atoms with Crippen LogP contribution in [0.4, 0.5) is 9.18 Å². The summed E-state index contributed by atoms with van der Waals surface area (Å²) in [6.45, 7) is 11.2. The first-order valence-corrected chi connectivity index (χ1v) is 13.0. The molecule has 1 aliphatic heterocycles. The third kappa shape index (κ3) is 5.49. The van der Waals surface area contributed by atoms with E-state index in [0.29, 0.717) is 19.0 Å². The smallest absolute Gasteiger partial charge is 0.410 e. The molecule has 192 valence electrons. The van der Waals surface area contributed by atoms with Crippen molar-refractivity contribution < 1.29 is 18.7 Å². The van der Waals surface area contributed by atoms with Crippen molar-refractivity contribution in [3.8, 4) is 0 Å². The predicted molar refractivity (Wildman–Crippen MR) is 136 cm³/mol. The highest BCUT2D eigenvalue weighted by molar-refractivity contribution is 5.86. The van der Waals surface area contributed by atoms with E-state index in [-0.39, 0.29) is 35.7 Å². The molecule has 2 aromatic rings. The first-order chi connectivity index (χ1) is 16.4. The van der Waals surface area contributed by atoms with E-state index in [1.54, 1.807) is 24.1 Å². The minimum absolute atomic E-state index is 0.0164. The fourth-order valence-electron chi connectivity index (χ4n) is 5.86. The van der Waals surface area contributed by atoms with Crippen molar-refractivity contribution >= 4 is 22.9 Å². The number of H-pyrrole nitrogens is 1. The molecule has 0 radical (unpaired) electrons. The molecule has 1 aromatic carbocycles.